The van der Waals surface area contributed by atoms with Crippen molar-refractivity contribution in [1.29, 1.82) is 0 Å². The molecule has 3 rings (SSSR count). The molecule has 0 fully saturated rings. The first-order chi connectivity index (χ1) is 14.7. The molecule has 2 aromatic carbocycles. The van der Waals surface area contributed by atoms with Crippen LogP contribution in [0.1, 0.15) is 19.8 Å². The van der Waals surface area contributed by atoms with Gasteiger partial charge < -0.3 is 20.7 Å². The zero-order chi connectivity index (χ0) is 21.2. The summed E-state index contributed by atoms with van der Waals surface area (Å²) in [4.78, 5) is 15.7. The lowest BCUT2D eigenvalue weighted by Crippen LogP contribution is -2.26. The fourth-order valence-electron chi connectivity index (χ4n) is 3.27. The number of benzene rings is 2. The van der Waals surface area contributed by atoms with E-state index >= 15 is 0 Å². The van der Waals surface area contributed by atoms with Gasteiger partial charge in [0.2, 0.25) is 5.91 Å². The predicted molar refractivity (Wildman–Crippen MR) is 123 cm³/mol. The van der Waals surface area contributed by atoms with E-state index in [9.17, 15) is 4.79 Å². The Kier molecular flexibility index (Phi) is 8.03. The lowest BCUT2D eigenvalue weighted by Gasteiger charge is -2.13. The van der Waals surface area contributed by atoms with Gasteiger partial charge in [-0.25, -0.2) is 4.98 Å². The number of para-hydroxylation sites is 1. The molecule has 1 heterocycles. The Morgan fingerprint density at radius 1 is 0.967 bits per heavy atom. The second kappa shape index (κ2) is 11.2. The molecule has 0 saturated carbocycles. The summed E-state index contributed by atoms with van der Waals surface area (Å²) >= 11 is 0. The van der Waals surface area contributed by atoms with E-state index in [0.717, 1.165) is 72.6 Å². The summed E-state index contributed by atoms with van der Waals surface area (Å²) in [6, 6.07) is 18.3. The molecule has 0 spiro atoms. The van der Waals surface area contributed by atoms with Gasteiger partial charge in [-0.3, -0.25) is 4.79 Å². The van der Waals surface area contributed by atoms with Crippen LogP contribution in [-0.4, -0.2) is 44.2 Å². The zero-order valence-corrected chi connectivity index (χ0v) is 17.7. The Balaban J connectivity index is 1.58. The Hall–Kier alpha value is -3.12. The topological polar surface area (TPSA) is 75.3 Å². The minimum Gasteiger partial charge on any atom is -0.497 e. The first-order valence-corrected chi connectivity index (χ1v) is 10.4. The van der Waals surface area contributed by atoms with E-state index in [4.69, 9.17) is 9.72 Å². The normalized spacial score (nSPS) is 10.7. The number of fused-ring (bicyclic) bond motifs is 1. The number of amides is 1. The Bertz CT molecular complexity index is 957. The van der Waals surface area contributed by atoms with Gasteiger partial charge in [0, 0.05) is 36.7 Å². The van der Waals surface area contributed by atoms with Gasteiger partial charge in [-0.1, -0.05) is 18.2 Å². The summed E-state index contributed by atoms with van der Waals surface area (Å²) in [5.74, 6) is 0.861. The van der Waals surface area contributed by atoms with Crippen LogP contribution in [0.4, 0.5) is 5.69 Å². The van der Waals surface area contributed by atoms with E-state index in [1.807, 2.05) is 42.5 Å². The first-order valence-electron chi connectivity index (χ1n) is 10.4. The Morgan fingerprint density at radius 3 is 2.43 bits per heavy atom. The highest BCUT2D eigenvalue weighted by Gasteiger charge is 2.07. The molecule has 0 saturated heterocycles. The molecule has 1 aromatic heterocycles. The standard InChI is InChI=1S/C24H30N4O2/c1-18(29)26-15-5-13-25-14-6-16-27-24-17-23(19-9-11-20(30-2)12-10-19)28-22-8-4-3-7-21(22)24/h3-4,7-12,17,25H,5-6,13-16H2,1-2H3,(H,26,29)(H,27,28). The molecule has 0 atom stereocenters. The Morgan fingerprint density at radius 2 is 1.70 bits per heavy atom. The van der Waals surface area contributed by atoms with Crippen LogP contribution in [0, 0.1) is 0 Å². The number of pyridine rings is 1. The lowest BCUT2D eigenvalue weighted by atomic mass is 10.1. The monoisotopic (exact) mass is 406 g/mol. The zero-order valence-electron chi connectivity index (χ0n) is 17.7. The van der Waals surface area contributed by atoms with Crippen molar-refractivity contribution in [2.24, 2.45) is 0 Å². The average Bonchev–Trinajstić information content (AvgIpc) is 2.77. The maximum atomic E-state index is 10.8. The predicted octanol–water partition coefficient (Wildman–Crippen LogP) is 3.83. The van der Waals surface area contributed by atoms with E-state index in [-0.39, 0.29) is 5.91 Å². The Labute approximate surface area is 178 Å². The van der Waals surface area contributed by atoms with Crippen molar-refractivity contribution >= 4 is 22.5 Å². The van der Waals surface area contributed by atoms with Crippen molar-refractivity contribution in [1.82, 2.24) is 15.6 Å². The minimum atomic E-state index is 0.0257. The molecule has 0 radical (unpaired) electrons. The molecule has 3 N–H and O–H groups in total. The second-order valence-electron chi connectivity index (χ2n) is 7.17. The maximum absolute atomic E-state index is 10.8. The van der Waals surface area contributed by atoms with Gasteiger partial charge in [0.1, 0.15) is 5.75 Å². The number of nitrogens with zero attached hydrogens (tertiary/aromatic N) is 1. The number of nitrogens with one attached hydrogen (secondary N) is 3. The van der Waals surface area contributed by atoms with Crippen LogP contribution >= 0.6 is 0 Å². The molecule has 1 amide bonds. The summed E-state index contributed by atoms with van der Waals surface area (Å²) in [5, 5.41) is 10.9. The van der Waals surface area contributed by atoms with Crippen LogP contribution in [0.15, 0.2) is 54.6 Å². The number of ether oxygens (including phenoxy) is 1. The molecule has 0 aliphatic rings. The van der Waals surface area contributed by atoms with Crippen molar-refractivity contribution < 1.29 is 9.53 Å². The number of carbonyl (C=O) groups excluding carboxylic acids is 1. The summed E-state index contributed by atoms with van der Waals surface area (Å²) in [5.41, 5.74) is 4.07. The van der Waals surface area contributed by atoms with E-state index in [1.165, 1.54) is 0 Å². The van der Waals surface area contributed by atoms with Crippen LogP contribution in [0.25, 0.3) is 22.2 Å². The van der Waals surface area contributed by atoms with Crippen LogP contribution in [0.3, 0.4) is 0 Å². The average molecular weight is 407 g/mol. The number of anilines is 1. The van der Waals surface area contributed by atoms with Gasteiger partial charge >= 0.3 is 0 Å². The van der Waals surface area contributed by atoms with Gasteiger partial charge in [-0.15, -0.1) is 0 Å². The summed E-state index contributed by atoms with van der Waals surface area (Å²) in [6.45, 7) is 4.97. The molecule has 0 aliphatic carbocycles. The summed E-state index contributed by atoms with van der Waals surface area (Å²) < 4.78 is 5.26. The minimum absolute atomic E-state index is 0.0257. The van der Waals surface area contributed by atoms with Crippen molar-refractivity contribution in [3.05, 3.63) is 54.6 Å². The van der Waals surface area contributed by atoms with Gasteiger partial charge in [0.15, 0.2) is 0 Å². The molecule has 6 nitrogen and oxygen atoms in total. The van der Waals surface area contributed by atoms with E-state index in [1.54, 1.807) is 14.0 Å². The quantitative estimate of drug-likeness (QED) is 0.422. The number of rotatable bonds is 11. The molecular weight excluding hydrogens is 376 g/mol. The van der Waals surface area contributed by atoms with Gasteiger partial charge in [-0.05, 0) is 62.3 Å². The third-order valence-corrected chi connectivity index (χ3v) is 4.85. The third kappa shape index (κ3) is 6.19. The van der Waals surface area contributed by atoms with Crippen molar-refractivity contribution in [3.8, 4) is 17.0 Å². The molecule has 3 aromatic rings. The highest BCUT2D eigenvalue weighted by Crippen LogP contribution is 2.29. The molecule has 0 unspecified atom stereocenters. The number of carbonyl (C=O) groups is 1. The smallest absolute Gasteiger partial charge is 0.216 e. The summed E-state index contributed by atoms with van der Waals surface area (Å²) in [7, 11) is 1.67. The van der Waals surface area contributed by atoms with Gasteiger partial charge in [0.25, 0.3) is 0 Å². The highest BCUT2D eigenvalue weighted by atomic mass is 16.5. The largest absolute Gasteiger partial charge is 0.497 e. The van der Waals surface area contributed by atoms with Crippen LogP contribution < -0.4 is 20.7 Å². The first kappa shape index (κ1) is 21.6. The highest BCUT2D eigenvalue weighted by molar-refractivity contribution is 5.93. The summed E-state index contributed by atoms with van der Waals surface area (Å²) in [6.07, 6.45) is 1.95. The van der Waals surface area contributed by atoms with Crippen LogP contribution in [-0.2, 0) is 4.79 Å². The fourth-order valence-corrected chi connectivity index (χ4v) is 3.27. The third-order valence-electron chi connectivity index (χ3n) is 4.85. The van der Waals surface area contributed by atoms with E-state index < -0.39 is 0 Å². The number of hydrogen-bond acceptors (Lipinski definition) is 5. The second-order valence-corrected chi connectivity index (χ2v) is 7.17. The van der Waals surface area contributed by atoms with Gasteiger partial charge in [0.05, 0.1) is 18.3 Å². The van der Waals surface area contributed by atoms with Gasteiger partial charge in [-0.2, -0.15) is 0 Å². The van der Waals surface area contributed by atoms with E-state index in [2.05, 4.69) is 28.1 Å². The lowest BCUT2D eigenvalue weighted by molar-refractivity contribution is -0.118. The molecule has 0 aliphatic heterocycles. The number of methoxy groups -OCH3 is 1. The molecule has 158 valence electrons. The van der Waals surface area contributed by atoms with Crippen molar-refractivity contribution in [3.63, 3.8) is 0 Å². The van der Waals surface area contributed by atoms with Crippen molar-refractivity contribution in [2.45, 2.75) is 19.8 Å². The molecule has 30 heavy (non-hydrogen) atoms. The molecular formula is C24H30N4O2. The van der Waals surface area contributed by atoms with Crippen molar-refractivity contribution in [2.75, 3.05) is 38.6 Å². The van der Waals surface area contributed by atoms with E-state index in [0.29, 0.717) is 0 Å². The number of hydrogen-bond donors (Lipinski definition) is 3. The van der Waals surface area contributed by atoms with Crippen LogP contribution in [0.5, 0.6) is 5.75 Å². The number of aromatic nitrogens is 1. The SMILES string of the molecule is COc1ccc(-c2cc(NCCCNCCCNC(C)=O)c3ccccc3n2)cc1. The molecule has 0 bridgehead atoms. The molecule has 6 heteroatoms. The van der Waals surface area contributed by atoms with Crippen LogP contribution in [0.2, 0.25) is 0 Å². The maximum Gasteiger partial charge on any atom is 0.216 e. The fraction of sp³-hybridized carbons (Fsp3) is 0.333.